The van der Waals surface area contributed by atoms with Crippen LogP contribution in [0.25, 0.3) is 0 Å². The van der Waals surface area contributed by atoms with E-state index in [0.717, 1.165) is 30.6 Å². The highest BCUT2D eigenvalue weighted by atomic mass is 16.5. The molecule has 0 heterocycles. The number of hydrogen-bond acceptors (Lipinski definition) is 3. The van der Waals surface area contributed by atoms with Crippen LogP contribution < -0.4 is 0 Å². The molecule has 3 nitrogen and oxygen atoms in total. The molecule has 4 bridgehead atoms. The summed E-state index contributed by atoms with van der Waals surface area (Å²) in [7, 11) is 0. The van der Waals surface area contributed by atoms with Gasteiger partial charge in [-0.15, -0.1) is 0 Å². The van der Waals surface area contributed by atoms with Gasteiger partial charge in [0.05, 0.1) is 12.7 Å². The van der Waals surface area contributed by atoms with Gasteiger partial charge in [-0.2, -0.15) is 5.26 Å². The summed E-state index contributed by atoms with van der Waals surface area (Å²) in [6.45, 7) is 5.86. The monoisotopic (exact) mass is 301 g/mol. The summed E-state index contributed by atoms with van der Waals surface area (Å²) < 4.78 is 5.39. The lowest BCUT2D eigenvalue weighted by atomic mass is 9.43. The van der Waals surface area contributed by atoms with E-state index in [2.05, 4.69) is 12.6 Å². The second-order valence-corrected chi connectivity index (χ2v) is 7.94. The van der Waals surface area contributed by atoms with Gasteiger partial charge in [0.25, 0.3) is 0 Å². The first kappa shape index (κ1) is 15.6. The van der Waals surface area contributed by atoms with Crippen LogP contribution in [0.5, 0.6) is 0 Å². The van der Waals surface area contributed by atoms with E-state index in [-0.39, 0.29) is 5.97 Å². The summed E-state index contributed by atoms with van der Waals surface area (Å²) in [6, 6.07) is 2.34. The smallest absolute Gasteiger partial charge is 0.333 e. The Labute approximate surface area is 133 Å². The lowest BCUT2D eigenvalue weighted by Crippen LogP contribution is -2.53. The Balaban J connectivity index is 1.68. The minimum Gasteiger partial charge on any atom is -0.462 e. The highest BCUT2D eigenvalue weighted by molar-refractivity contribution is 5.86. The van der Waals surface area contributed by atoms with Crippen LogP contribution in [0.2, 0.25) is 0 Å². The van der Waals surface area contributed by atoms with Gasteiger partial charge in [0.15, 0.2) is 0 Å². The molecule has 0 aromatic rings. The zero-order valence-electron chi connectivity index (χ0n) is 13.6. The van der Waals surface area contributed by atoms with Gasteiger partial charge in [0, 0.05) is 12.0 Å². The van der Waals surface area contributed by atoms with Crippen molar-refractivity contribution in [3.05, 3.63) is 12.2 Å². The van der Waals surface area contributed by atoms with Gasteiger partial charge < -0.3 is 4.74 Å². The fraction of sp³-hybridized carbons (Fsp3) is 0.789. The minimum atomic E-state index is -0.265. The van der Waals surface area contributed by atoms with Gasteiger partial charge in [0.2, 0.25) is 0 Å². The van der Waals surface area contributed by atoms with E-state index in [1.807, 2.05) is 0 Å². The lowest BCUT2D eigenvalue weighted by Gasteiger charge is -2.61. The van der Waals surface area contributed by atoms with Crippen LogP contribution in [0.15, 0.2) is 12.2 Å². The largest absolute Gasteiger partial charge is 0.462 e. The van der Waals surface area contributed by atoms with Crippen molar-refractivity contribution in [1.82, 2.24) is 0 Å². The Bertz CT molecular complexity index is 490. The number of esters is 1. The van der Waals surface area contributed by atoms with Crippen LogP contribution in [0.1, 0.15) is 58.3 Å². The number of hydrogen-bond donors (Lipinski definition) is 0. The van der Waals surface area contributed by atoms with Gasteiger partial charge in [0.1, 0.15) is 0 Å². The maximum atomic E-state index is 11.6. The van der Waals surface area contributed by atoms with Crippen LogP contribution in [0.4, 0.5) is 0 Å². The van der Waals surface area contributed by atoms with Crippen LogP contribution in [-0.2, 0) is 9.53 Å². The summed E-state index contributed by atoms with van der Waals surface area (Å²) in [4.78, 5) is 11.6. The van der Waals surface area contributed by atoms with Crippen LogP contribution in [0.3, 0.4) is 0 Å². The molecule has 0 N–H and O–H groups in total. The Kier molecular flexibility index (Phi) is 4.30. The first-order chi connectivity index (χ1) is 10.5. The number of carbonyl (C=O) groups excluding carboxylic acids is 1. The number of nitriles is 1. The number of nitrogens with zero attached hydrogens (tertiary/aromatic N) is 1. The Morgan fingerprint density at radius 3 is 2.59 bits per heavy atom. The first-order valence-electron chi connectivity index (χ1n) is 8.73. The fourth-order valence-corrected chi connectivity index (χ4v) is 5.94. The predicted octanol–water partition coefficient (Wildman–Crippen LogP) is 4.24. The van der Waals surface area contributed by atoms with Crippen molar-refractivity contribution in [3.8, 4) is 6.07 Å². The summed E-state index contributed by atoms with van der Waals surface area (Å²) >= 11 is 0. The van der Waals surface area contributed by atoms with E-state index in [1.165, 1.54) is 32.1 Å². The Morgan fingerprint density at radius 2 is 2.00 bits per heavy atom. The highest BCUT2D eigenvalue weighted by Gasteiger charge is 2.56. The van der Waals surface area contributed by atoms with Crippen molar-refractivity contribution in [2.45, 2.75) is 58.3 Å². The van der Waals surface area contributed by atoms with Gasteiger partial charge in [-0.1, -0.05) is 6.58 Å². The molecule has 120 valence electrons. The van der Waals surface area contributed by atoms with Gasteiger partial charge in [-0.25, -0.2) is 4.79 Å². The average Bonchev–Trinajstić information content (AvgIpc) is 2.45. The van der Waals surface area contributed by atoms with E-state index in [0.29, 0.717) is 29.9 Å². The summed E-state index contributed by atoms with van der Waals surface area (Å²) in [5.74, 6) is 2.98. The highest BCUT2D eigenvalue weighted by Crippen LogP contribution is 2.65. The normalized spacial score (nSPS) is 38.5. The fourth-order valence-electron chi connectivity index (χ4n) is 5.94. The van der Waals surface area contributed by atoms with Crippen molar-refractivity contribution in [1.29, 1.82) is 5.26 Å². The van der Waals surface area contributed by atoms with Gasteiger partial charge in [-0.05, 0) is 81.0 Å². The molecule has 4 aliphatic rings. The third kappa shape index (κ3) is 2.81. The van der Waals surface area contributed by atoms with Crippen LogP contribution >= 0.6 is 0 Å². The molecule has 3 atom stereocenters. The molecule has 4 aliphatic carbocycles. The van der Waals surface area contributed by atoms with Crippen molar-refractivity contribution in [2.75, 3.05) is 6.61 Å². The predicted molar refractivity (Wildman–Crippen MR) is 84.7 cm³/mol. The molecule has 3 unspecified atom stereocenters. The Morgan fingerprint density at radius 1 is 1.32 bits per heavy atom. The van der Waals surface area contributed by atoms with Crippen LogP contribution in [0, 0.1) is 40.4 Å². The molecule has 0 aromatic carbocycles. The van der Waals surface area contributed by atoms with Crippen molar-refractivity contribution < 1.29 is 9.53 Å². The maximum Gasteiger partial charge on any atom is 0.333 e. The SMILES string of the molecule is C=C(C)C(=O)OCCC12CC3CC(CC(C3)C1CCC#N)C2. The molecule has 22 heavy (non-hydrogen) atoms. The van der Waals surface area contributed by atoms with Gasteiger partial charge in [-0.3, -0.25) is 0 Å². The molecule has 0 amide bonds. The van der Waals surface area contributed by atoms with Crippen molar-refractivity contribution >= 4 is 5.97 Å². The lowest BCUT2D eigenvalue weighted by molar-refractivity contribution is -0.146. The number of rotatable bonds is 6. The van der Waals surface area contributed by atoms with E-state index in [9.17, 15) is 4.79 Å². The second-order valence-electron chi connectivity index (χ2n) is 7.94. The maximum absolute atomic E-state index is 11.6. The van der Waals surface area contributed by atoms with Crippen molar-refractivity contribution in [2.24, 2.45) is 29.1 Å². The summed E-state index contributed by atoms with van der Waals surface area (Å²) in [6.07, 6.45) is 9.43. The number of ether oxygens (including phenoxy) is 1. The summed E-state index contributed by atoms with van der Waals surface area (Å²) in [5, 5.41) is 8.99. The van der Waals surface area contributed by atoms with E-state index in [4.69, 9.17) is 10.00 Å². The van der Waals surface area contributed by atoms with E-state index < -0.39 is 0 Å². The van der Waals surface area contributed by atoms with Crippen molar-refractivity contribution in [3.63, 3.8) is 0 Å². The van der Waals surface area contributed by atoms with E-state index >= 15 is 0 Å². The third-order valence-corrected chi connectivity index (χ3v) is 6.43. The minimum absolute atomic E-state index is 0.265. The molecule has 0 radical (unpaired) electrons. The third-order valence-electron chi connectivity index (χ3n) is 6.43. The van der Waals surface area contributed by atoms with Gasteiger partial charge >= 0.3 is 5.97 Å². The van der Waals surface area contributed by atoms with Crippen LogP contribution in [-0.4, -0.2) is 12.6 Å². The molecule has 0 spiro atoms. The molecule has 0 aliphatic heterocycles. The molecular formula is C19H27NO2. The zero-order valence-corrected chi connectivity index (χ0v) is 13.6. The molecule has 3 heteroatoms. The molecule has 0 saturated heterocycles. The second kappa shape index (κ2) is 6.07. The topological polar surface area (TPSA) is 50.1 Å². The molecule has 4 rings (SSSR count). The number of carbonyl (C=O) groups is 1. The Hall–Kier alpha value is -1.30. The quantitative estimate of drug-likeness (QED) is 0.544. The zero-order chi connectivity index (χ0) is 15.7. The molecule has 4 saturated carbocycles. The molecule has 0 aromatic heterocycles. The van der Waals surface area contributed by atoms with E-state index in [1.54, 1.807) is 6.92 Å². The molecular weight excluding hydrogens is 274 g/mol. The first-order valence-corrected chi connectivity index (χ1v) is 8.73. The standard InChI is InChI=1S/C19H27NO2/c1-13(2)18(21)22-7-5-19-11-14-8-15(12-19)10-16(9-14)17(19)4-3-6-20/h14-17H,1,3-5,7-12H2,2H3. The molecule has 4 fully saturated rings. The summed E-state index contributed by atoms with van der Waals surface area (Å²) in [5.41, 5.74) is 0.813. The average molecular weight is 301 g/mol.